The van der Waals surface area contributed by atoms with E-state index in [-0.39, 0.29) is 35.8 Å². The van der Waals surface area contributed by atoms with Crippen molar-refractivity contribution in [1.82, 2.24) is 15.5 Å². The Hall–Kier alpha value is -0.390. The van der Waals surface area contributed by atoms with Crippen LogP contribution in [0.5, 0.6) is 0 Å². The molecule has 6 nitrogen and oxygen atoms in total. The molecule has 0 saturated heterocycles. The number of nitrogens with zero attached hydrogens (tertiary/aromatic N) is 2. The lowest BCUT2D eigenvalue weighted by molar-refractivity contribution is 0.263. The molecule has 0 amide bonds. The molecule has 0 saturated carbocycles. The summed E-state index contributed by atoms with van der Waals surface area (Å²) in [6, 6.07) is 2.29. The van der Waals surface area contributed by atoms with E-state index >= 15 is 0 Å². The van der Waals surface area contributed by atoms with Gasteiger partial charge in [0.1, 0.15) is 9.84 Å². The summed E-state index contributed by atoms with van der Waals surface area (Å²) < 4.78 is 22.6. The van der Waals surface area contributed by atoms with Gasteiger partial charge < -0.3 is 10.6 Å². The molecule has 0 bridgehead atoms. The third-order valence-corrected chi connectivity index (χ3v) is 6.22. The first-order chi connectivity index (χ1) is 11.9. The van der Waals surface area contributed by atoms with E-state index in [0.29, 0.717) is 6.42 Å². The molecule has 1 aromatic rings. The van der Waals surface area contributed by atoms with Crippen LogP contribution in [0.15, 0.2) is 16.4 Å². The normalized spacial score (nSPS) is 16.5. The van der Waals surface area contributed by atoms with E-state index in [4.69, 9.17) is 0 Å². The molecule has 0 radical (unpaired) electrons. The van der Waals surface area contributed by atoms with Crippen LogP contribution in [0.4, 0.5) is 0 Å². The van der Waals surface area contributed by atoms with Crippen molar-refractivity contribution in [1.29, 1.82) is 0 Å². The third-order valence-electron chi connectivity index (χ3n) is 4.22. The number of hydrogen-bond acceptors (Lipinski definition) is 5. The predicted molar refractivity (Wildman–Crippen MR) is 122 cm³/mol. The monoisotopic (exact) mass is 514 g/mol. The summed E-state index contributed by atoms with van der Waals surface area (Å²) in [5.74, 6) is 0.953. The van der Waals surface area contributed by atoms with Crippen LogP contribution in [0.1, 0.15) is 30.7 Å². The number of aliphatic imine (C=N–C) groups is 1. The third kappa shape index (κ3) is 8.53. The molecule has 2 N–H and O–H groups in total. The van der Waals surface area contributed by atoms with Crippen LogP contribution < -0.4 is 10.6 Å². The number of fused-ring (bicyclic) bond motifs is 1. The molecule has 26 heavy (non-hydrogen) atoms. The average Bonchev–Trinajstić information content (AvgIpc) is 3.00. The van der Waals surface area contributed by atoms with Crippen molar-refractivity contribution in [2.75, 3.05) is 38.2 Å². The van der Waals surface area contributed by atoms with Gasteiger partial charge in [-0.25, -0.2) is 8.42 Å². The lowest BCUT2D eigenvalue weighted by Gasteiger charge is -2.26. The minimum atomic E-state index is -2.92. The van der Waals surface area contributed by atoms with E-state index in [1.807, 2.05) is 25.2 Å². The molecule has 1 aliphatic rings. The lowest BCUT2D eigenvalue weighted by atomic mass is 10.1. The van der Waals surface area contributed by atoms with Gasteiger partial charge in [-0.05, 0) is 43.7 Å². The van der Waals surface area contributed by atoms with Crippen LogP contribution in [0.25, 0.3) is 0 Å². The van der Waals surface area contributed by atoms with Crippen molar-refractivity contribution in [2.45, 2.75) is 39.3 Å². The minimum Gasteiger partial charge on any atom is -0.357 e. The second-order valence-electron chi connectivity index (χ2n) is 6.62. The number of sulfone groups is 1. The van der Waals surface area contributed by atoms with Gasteiger partial charge in [0.2, 0.25) is 0 Å². The van der Waals surface area contributed by atoms with Gasteiger partial charge >= 0.3 is 0 Å². The Morgan fingerprint density at radius 3 is 2.92 bits per heavy atom. The molecule has 2 heterocycles. The number of thiophene rings is 1. The van der Waals surface area contributed by atoms with E-state index in [1.54, 1.807) is 0 Å². The zero-order valence-corrected chi connectivity index (χ0v) is 19.8. The first-order valence-electron chi connectivity index (χ1n) is 8.87. The molecule has 1 aromatic heterocycles. The van der Waals surface area contributed by atoms with Gasteiger partial charge in [0.15, 0.2) is 5.96 Å². The number of nitrogens with one attached hydrogen (secondary N) is 2. The van der Waals surface area contributed by atoms with Gasteiger partial charge in [0.05, 0.1) is 12.3 Å². The summed E-state index contributed by atoms with van der Waals surface area (Å²) in [5.41, 5.74) is 1.46. The highest BCUT2D eigenvalue weighted by Gasteiger charge is 2.16. The molecule has 0 aromatic carbocycles. The smallest absolute Gasteiger partial charge is 0.191 e. The van der Waals surface area contributed by atoms with E-state index in [1.165, 1.54) is 16.7 Å². The Labute approximate surface area is 178 Å². The predicted octanol–water partition coefficient (Wildman–Crippen LogP) is 2.10. The van der Waals surface area contributed by atoms with Crippen LogP contribution in [0.3, 0.4) is 0 Å². The van der Waals surface area contributed by atoms with Crippen LogP contribution in [0, 0.1) is 0 Å². The van der Waals surface area contributed by atoms with Gasteiger partial charge in [0, 0.05) is 43.4 Å². The maximum absolute atomic E-state index is 11.3. The second-order valence-corrected chi connectivity index (χ2v) is 9.88. The summed E-state index contributed by atoms with van der Waals surface area (Å²) in [5, 5.41) is 8.71. The van der Waals surface area contributed by atoms with Crippen molar-refractivity contribution in [2.24, 2.45) is 4.99 Å². The van der Waals surface area contributed by atoms with Gasteiger partial charge in [-0.3, -0.25) is 9.89 Å². The van der Waals surface area contributed by atoms with Gasteiger partial charge in [0.25, 0.3) is 0 Å². The highest BCUT2D eigenvalue weighted by atomic mass is 127. The highest BCUT2D eigenvalue weighted by Crippen LogP contribution is 2.23. The number of hydrogen-bond donors (Lipinski definition) is 2. The summed E-state index contributed by atoms with van der Waals surface area (Å²) >= 11 is 1.86. The summed E-state index contributed by atoms with van der Waals surface area (Å²) in [6.45, 7) is 8.58. The zero-order valence-electron chi connectivity index (χ0n) is 15.8. The fourth-order valence-electron chi connectivity index (χ4n) is 2.82. The van der Waals surface area contributed by atoms with E-state index < -0.39 is 9.84 Å². The first-order valence-corrected chi connectivity index (χ1v) is 11.8. The van der Waals surface area contributed by atoms with Gasteiger partial charge in [-0.15, -0.1) is 35.3 Å². The van der Waals surface area contributed by atoms with Crippen molar-refractivity contribution in [3.63, 3.8) is 0 Å². The summed E-state index contributed by atoms with van der Waals surface area (Å²) in [7, 11) is -2.92. The Kier molecular flexibility index (Phi) is 10.4. The topological polar surface area (TPSA) is 73.8 Å². The van der Waals surface area contributed by atoms with Gasteiger partial charge in [-0.2, -0.15) is 0 Å². The first kappa shape index (κ1) is 23.6. The second kappa shape index (κ2) is 11.5. The van der Waals surface area contributed by atoms with Gasteiger partial charge in [-0.1, -0.05) is 0 Å². The van der Waals surface area contributed by atoms with E-state index in [9.17, 15) is 8.42 Å². The van der Waals surface area contributed by atoms with Crippen LogP contribution in [-0.4, -0.2) is 63.5 Å². The number of guanidine groups is 1. The Bertz CT molecular complexity index is 676. The zero-order chi connectivity index (χ0) is 18.3. The van der Waals surface area contributed by atoms with Crippen molar-refractivity contribution in [3.05, 3.63) is 21.9 Å². The Morgan fingerprint density at radius 2 is 2.23 bits per heavy atom. The molecular weight excluding hydrogens is 483 g/mol. The molecule has 0 aliphatic carbocycles. The summed E-state index contributed by atoms with van der Waals surface area (Å²) in [4.78, 5) is 8.60. The molecular formula is C17H31IN4O2S2. The number of rotatable bonds is 8. The number of halogens is 1. The van der Waals surface area contributed by atoms with Crippen LogP contribution >= 0.6 is 35.3 Å². The van der Waals surface area contributed by atoms with Crippen LogP contribution in [-0.2, 0) is 22.8 Å². The average molecular weight is 514 g/mol. The van der Waals surface area contributed by atoms with Crippen molar-refractivity contribution in [3.8, 4) is 0 Å². The fraction of sp³-hybridized carbons (Fsp3) is 0.706. The maximum atomic E-state index is 11.3. The summed E-state index contributed by atoms with van der Waals surface area (Å²) in [6.07, 6.45) is 2.99. The molecule has 150 valence electrons. The lowest BCUT2D eigenvalue weighted by Crippen LogP contribution is -2.43. The molecule has 1 atom stereocenters. The molecule has 2 rings (SSSR count). The molecule has 1 unspecified atom stereocenters. The molecule has 1 aliphatic heterocycles. The standard InChI is InChI=1S/C17H30N4O2S2.HI/c1-4-18-17(20-14(2)7-12-25(3,22)23)19-8-10-21-9-5-16-15(13-21)6-11-24-16;/h6,11,14H,4-5,7-10,12-13H2,1-3H3,(H2,18,19,20);1H. The van der Waals surface area contributed by atoms with E-state index in [0.717, 1.165) is 45.1 Å². The molecule has 0 fully saturated rings. The Balaban J connectivity index is 0.00000338. The largest absolute Gasteiger partial charge is 0.357 e. The molecule has 0 spiro atoms. The minimum absolute atomic E-state index is 0. The highest BCUT2D eigenvalue weighted by molar-refractivity contribution is 14.0. The maximum Gasteiger partial charge on any atom is 0.191 e. The quantitative estimate of drug-likeness (QED) is 0.316. The van der Waals surface area contributed by atoms with Crippen molar-refractivity contribution >= 4 is 51.1 Å². The fourth-order valence-corrected chi connectivity index (χ4v) is 4.49. The molecule has 9 heteroatoms. The van der Waals surface area contributed by atoms with Crippen LogP contribution in [0.2, 0.25) is 0 Å². The Morgan fingerprint density at radius 1 is 1.46 bits per heavy atom. The van der Waals surface area contributed by atoms with Crippen molar-refractivity contribution < 1.29 is 8.42 Å². The SMILES string of the molecule is CCNC(=NCCN1CCc2sccc2C1)NC(C)CCS(C)(=O)=O.I. The van der Waals surface area contributed by atoms with E-state index in [2.05, 4.69) is 32.0 Å².